The van der Waals surface area contributed by atoms with Gasteiger partial charge in [-0.3, -0.25) is 0 Å². The highest BCUT2D eigenvalue weighted by atomic mass is 16.5. The topological polar surface area (TPSA) is 74.2 Å². The molecule has 0 radical (unpaired) electrons. The van der Waals surface area contributed by atoms with Crippen molar-refractivity contribution in [1.82, 2.24) is 10.2 Å². The zero-order valence-electron chi connectivity index (χ0n) is 9.93. The van der Waals surface area contributed by atoms with Crippen molar-refractivity contribution in [2.75, 3.05) is 13.7 Å². The average Bonchev–Trinajstić information content (AvgIpc) is 2.78. The molecule has 17 heavy (non-hydrogen) atoms. The molecule has 90 valence electrons. The van der Waals surface area contributed by atoms with Crippen molar-refractivity contribution >= 4 is 0 Å². The standard InChI is InChI=1S/C12H15N3O2/c1-8-7-9(3-4-10(8)16-2)12-15-14-11(17-12)5-6-13/h3-4,7H,5-6,13H2,1-2H3. The van der Waals surface area contributed by atoms with Crippen LogP contribution in [-0.2, 0) is 6.42 Å². The molecule has 0 spiro atoms. The van der Waals surface area contributed by atoms with E-state index in [1.54, 1.807) is 7.11 Å². The van der Waals surface area contributed by atoms with Crippen molar-refractivity contribution in [3.63, 3.8) is 0 Å². The highest BCUT2D eigenvalue weighted by Crippen LogP contribution is 2.25. The van der Waals surface area contributed by atoms with E-state index in [1.807, 2.05) is 25.1 Å². The Kier molecular flexibility index (Phi) is 3.39. The van der Waals surface area contributed by atoms with Crippen molar-refractivity contribution in [3.05, 3.63) is 29.7 Å². The number of aryl methyl sites for hydroxylation is 1. The van der Waals surface area contributed by atoms with Crippen LogP contribution in [0.4, 0.5) is 0 Å². The van der Waals surface area contributed by atoms with E-state index in [4.69, 9.17) is 14.9 Å². The minimum absolute atomic E-state index is 0.503. The van der Waals surface area contributed by atoms with Gasteiger partial charge in [0.05, 0.1) is 7.11 Å². The third-order valence-electron chi connectivity index (χ3n) is 2.47. The SMILES string of the molecule is COc1ccc(-c2nnc(CCN)o2)cc1C. The molecule has 5 nitrogen and oxygen atoms in total. The Bertz CT molecular complexity index is 508. The first-order valence-corrected chi connectivity index (χ1v) is 5.42. The molecule has 2 aromatic rings. The fraction of sp³-hybridized carbons (Fsp3) is 0.333. The van der Waals surface area contributed by atoms with Crippen molar-refractivity contribution in [2.45, 2.75) is 13.3 Å². The van der Waals surface area contributed by atoms with Gasteiger partial charge in [-0.05, 0) is 30.7 Å². The molecule has 0 saturated carbocycles. The summed E-state index contributed by atoms with van der Waals surface area (Å²) in [5.41, 5.74) is 7.35. The Morgan fingerprint density at radius 3 is 2.82 bits per heavy atom. The number of benzene rings is 1. The summed E-state index contributed by atoms with van der Waals surface area (Å²) >= 11 is 0. The molecule has 0 bridgehead atoms. The monoisotopic (exact) mass is 233 g/mol. The third kappa shape index (κ3) is 2.45. The van der Waals surface area contributed by atoms with Crippen LogP contribution in [0.3, 0.4) is 0 Å². The van der Waals surface area contributed by atoms with Crippen molar-refractivity contribution < 1.29 is 9.15 Å². The number of aromatic nitrogens is 2. The Labute approximate surface area is 99.6 Å². The number of hydrogen-bond donors (Lipinski definition) is 1. The Balaban J connectivity index is 2.29. The second kappa shape index (κ2) is 4.97. The van der Waals surface area contributed by atoms with E-state index in [0.717, 1.165) is 16.9 Å². The molecule has 1 heterocycles. The number of nitrogens with zero attached hydrogens (tertiary/aromatic N) is 2. The number of hydrogen-bond acceptors (Lipinski definition) is 5. The molecule has 0 aliphatic heterocycles. The lowest BCUT2D eigenvalue weighted by Gasteiger charge is -2.04. The summed E-state index contributed by atoms with van der Waals surface area (Å²) in [7, 11) is 1.65. The molecule has 0 aliphatic rings. The van der Waals surface area contributed by atoms with E-state index < -0.39 is 0 Å². The van der Waals surface area contributed by atoms with Gasteiger partial charge in [-0.2, -0.15) is 0 Å². The molecule has 0 saturated heterocycles. The van der Waals surface area contributed by atoms with Gasteiger partial charge in [-0.25, -0.2) is 0 Å². The normalized spacial score (nSPS) is 10.5. The summed E-state index contributed by atoms with van der Waals surface area (Å²) in [6, 6.07) is 5.74. The molecular weight excluding hydrogens is 218 g/mol. The Hall–Kier alpha value is -1.88. The van der Waals surface area contributed by atoms with E-state index >= 15 is 0 Å². The van der Waals surface area contributed by atoms with Crippen LogP contribution in [0.5, 0.6) is 5.75 Å². The summed E-state index contributed by atoms with van der Waals surface area (Å²) in [6.45, 7) is 2.47. The number of methoxy groups -OCH3 is 1. The zero-order chi connectivity index (χ0) is 12.3. The van der Waals surface area contributed by atoms with Crippen molar-refractivity contribution in [3.8, 4) is 17.2 Å². The van der Waals surface area contributed by atoms with E-state index in [2.05, 4.69) is 10.2 Å². The maximum absolute atomic E-state index is 5.50. The average molecular weight is 233 g/mol. The molecule has 1 aromatic carbocycles. The lowest BCUT2D eigenvalue weighted by Crippen LogP contribution is -2.02. The maximum atomic E-state index is 5.50. The van der Waals surface area contributed by atoms with E-state index in [9.17, 15) is 0 Å². The van der Waals surface area contributed by atoms with Gasteiger partial charge in [0.15, 0.2) is 0 Å². The van der Waals surface area contributed by atoms with Gasteiger partial charge < -0.3 is 14.9 Å². The van der Waals surface area contributed by atoms with Crippen molar-refractivity contribution in [1.29, 1.82) is 0 Å². The lowest BCUT2D eigenvalue weighted by atomic mass is 10.1. The second-order valence-corrected chi connectivity index (χ2v) is 3.72. The van der Waals surface area contributed by atoms with Crippen LogP contribution in [0.2, 0.25) is 0 Å². The Morgan fingerprint density at radius 1 is 1.35 bits per heavy atom. The molecule has 0 amide bonds. The molecule has 0 unspecified atom stereocenters. The van der Waals surface area contributed by atoms with Gasteiger partial charge in [0.2, 0.25) is 11.8 Å². The van der Waals surface area contributed by atoms with Crippen LogP contribution in [0.25, 0.3) is 11.5 Å². The first-order chi connectivity index (χ1) is 8.24. The number of ether oxygens (including phenoxy) is 1. The highest BCUT2D eigenvalue weighted by Gasteiger charge is 2.09. The minimum atomic E-state index is 0.503. The number of rotatable bonds is 4. The lowest BCUT2D eigenvalue weighted by molar-refractivity contribution is 0.411. The molecule has 0 atom stereocenters. The van der Waals surface area contributed by atoms with Gasteiger partial charge >= 0.3 is 0 Å². The quantitative estimate of drug-likeness (QED) is 0.867. The molecule has 1 aromatic heterocycles. The van der Waals surface area contributed by atoms with Gasteiger partial charge in [-0.15, -0.1) is 10.2 Å². The maximum Gasteiger partial charge on any atom is 0.247 e. The Morgan fingerprint density at radius 2 is 2.18 bits per heavy atom. The van der Waals surface area contributed by atoms with E-state index in [0.29, 0.717) is 24.7 Å². The predicted molar refractivity (Wildman–Crippen MR) is 63.8 cm³/mol. The molecular formula is C12H15N3O2. The van der Waals surface area contributed by atoms with E-state index in [1.165, 1.54) is 0 Å². The van der Waals surface area contributed by atoms with Crippen LogP contribution in [-0.4, -0.2) is 23.9 Å². The fourth-order valence-electron chi connectivity index (χ4n) is 1.61. The smallest absolute Gasteiger partial charge is 0.247 e. The number of nitrogens with two attached hydrogens (primary N) is 1. The molecule has 2 rings (SSSR count). The first kappa shape index (κ1) is 11.6. The van der Waals surface area contributed by atoms with Gasteiger partial charge in [0, 0.05) is 18.5 Å². The summed E-state index contributed by atoms with van der Waals surface area (Å²) in [4.78, 5) is 0. The van der Waals surface area contributed by atoms with Gasteiger partial charge in [0.1, 0.15) is 5.75 Å². The predicted octanol–water partition coefficient (Wildman–Crippen LogP) is 1.55. The minimum Gasteiger partial charge on any atom is -0.496 e. The molecule has 2 N–H and O–H groups in total. The second-order valence-electron chi connectivity index (χ2n) is 3.72. The summed E-state index contributed by atoms with van der Waals surface area (Å²) < 4.78 is 10.7. The van der Waals surface area contributed by atoms with Gasteiger partial charge in [0.25, 0.3) is 0 Å². The summed E-state index contributed by atoms with van der Waals surface area (Å²) in [5.74, 6) is 1.92. The molecule has 0 fully saturated rings. The molecule has 0 aliphatic carbocycles. The van der Waals surface area contributed by atoms with Crippen LogP contribution >= 0.6 is 0 Å². The molecule has 5 heteroatoms. The van der Waals surface area contributed by atoms with Crippen LogP contribution in [0, 0.1) is 6.92 Å². The van der Waals surface area contributed by atoms with Crippen molar-refractivity contribution in [2.24, 2.45) is 5.73 Å². The third-order valence-corrected chi connectivity index (χ3v) is 2.47. The fourth-order valence-corrected chi connectivity index (χ4v) is 1.61. The first-order valence-electron chi connectivity index (χ1n) is 5.42. The summed E-state index contributed by atoms with van der Waals surface area (Å²) in [5, 5.41) is 7.92. The zero-order valence-corrected chi connectivity index (χ0v) is 9.93. The van der Waals surface area contributed by atoms with Crippen LogP contribution in [0.1, 0.15) is 11.5 Å². The largest absolute Gasteiger partial charge is 0.496 e. The highest BCUT2D eigenvalue weighted by molar-refractivity contribution is 5.56. The van der Waals surface area contributed by atoms with E-state index in [-0.39, 0.29) is 0 Å². The summed E-state index contributed by atoms with van der Waals surface area (Å²) in [6.07, 6.45) is 0.599. The van der Waals surface area contributed by atoms with Crippen LogP contribution in [0.15, 0.2) is 22.6 Å². The van der Waals surface area contributed by atoms with Crippen LogP contribution < -0.4 is 10.5 Å². The van der Waals surface area contributed by atoms with Gasteiger partial charge in [-0.1, -0.05) is 0 Å².